The molecule has 0 saturated heterocycles. The van der Waals surface area contributed by atoms with Crippen molar-refractivity contribution in [3.63, 3.8) is 0 Å². The highest BCUT2D eigenvalue weighted by Crippen LogP contribution is 2.14. The minimum atomic E-state index is -0.849. The summed E-state index contributed by atoms with van der Waals surface area (Å²) in [5, 5.41) is 14.7. The molecule has 2 aromatic carbocycles. The van der Waals surface area contributed by atoms with Crippen LogP contribution in [0.4, 0.5) is 0 Å². The number of carbonyl (C=O) groups excluding carboxylic acids is 2. The van der Waals surface area contributed by atoms with Gasteiger partial charge in [-0.15, -0.1) is 0 Å². The first kappa shape index (κ1) is 18.8. The maximum Gasteiger partial charge on any atom is 0.251 e. The number of nitriles is 1. The molecule has 1 atom stereocenters. The van der Waals surface area contributed by atoms with Gasteiger partial charge in [-0.1, -0.05) is 41.4 Å². The van der Waals surface area contributed by atoms with Crippen LogP contribution in [0.15, 0.2) is 48.5 Å². The normalized spacial score (nSPS) is 11.2. The summed E-state index contributed by atoms with van der Waals surface area (Å²) in [6.45, 7) is -0.141. The average molecular weight is 376 g/mol. The number of benzene rings is 2. The Morgan fingerprint density at radius 3 is 2.40 bits per heavy atom. The maximum absolute atomic E-state index is 12.4. The number of hydrogen-bond donors (Lipinski definition) is 2. The first-order valence-corrected chi connectivity index (χ1v) is 8.20. The molecule has 0 heterocycles. The highest BCUT2D eigenvalue weighted by molar-refractivity contribution is 6.31. The number of amides is 2. The van der Waals surface area contributed by atoms with E-state index in [1.54, 1.807) is 36.4 Å². The minimum Gasteiger partial charge on any atom is -0.341 e. The molecule has 2 aromatic rings. The summed E-state index contributed by atoms with van der Waals surface area (Å²) >= 11 is 11.9. The lowest BCUT2D eigenvalue weighted by Gasteiger charge is -2.18. The number of hydrogen-bond acceptors (Lipinski definition) is 3. The molecule has 0 aliphatic carbocycles. The SMILES string of the molecule is N#CCNC(=O)[C@H](Cc1cccc(Cl)c1)NC(=O)c1cccc(Cl)c1. The number of nitrogens with zero attached hydrogens (tertiary/aromatic N) is 1. The van der Waals surface area contributed by atoms with Crippen molar-refractivity contribution >= 4 is 35.0 Å². The second kappa shape index (κ2) is 9.07. The van der Waals surface area contributed by atoms with E-state index in [1.807, 2.05) is 12.1 Å². The van der Waals surface area contributed by atoms with Crippen LogP contribution in [0.5, 0.6) is 0 Å². The van der Waals surface area contributed by atoms with Gasteiger partial charge >= 0.3 is 0 Å². The largest absolute Gasteiger partial charge is 0.341 e. The lowest BCUT2D eigenvalue weighted by molar-refractivity contribution is -0.122. The molecule has 0 fully saturated rings. The molecule has 0 aliphatic heterocycles. The van der Waals surface area contributed by atoms with Crippen molar-refractivity contribution in [1.82, 2.24) is 10.6 Å². The van der Waals surface area contributed by atoms with E-state index in [1.165, 1.54) is 6.07 Å². The lowest BCUT2D eigenvalue weighted by Crippen LogP contribution is -2.48. The summed E-state index contributed by atoms with van der Waals surface area (Å²) in [5.41, 5.74) is 1.13. The van der Waals surface area contributed by atoms with Gasteiger partial charge in [0.05, 0.1) is 6.07 Å². The predicted octanol–water partition coefficient (Wildman–Crippen LogP) is 2.97. The van der Waals surface area contributed by atoms with Gasteiger partial charge in [-0.2, -0.15) is 5.26 Å². The van der Waals surface area contributed by atoms with Crippen molar-refractivity contribution in [2.24, 2.45) is 0 Å². The van der Waals surface area contributed by atoms with Crippen LogP contribution >= 0.6 is 23.2 Å². The summed E-state index contributed by atoms with van der Waals surface area (Å²) in [6, 6.07) is 14.4. The van der Waals surface area contributed by atoms with Crippen LogP contribution in [-0.2, 0) is 11.2 Å². The molecule has 0 unspecified atom stereocenters. The summed E-state index contributed by atoms with van der Waals surface area (Å²) in [4.78, 5) is 24.7. The van der Waals surface area contributed by atoms with Crippen molar-refractivity contribution in [2.45, 2.75) is 12.5 Å². The van der Waals surface area contributed by atoms with E-state index in [9.17, 15) is 9.59 Å². The molecule has 0 spiro atoms. The van der Waals surface area contributed by atoms with Gasteiger partial charge in [0.2, 0.25) is 5.91 Å². The van der Waals surface area contributed by atoms with Gasteiger partial charge in [0.15, 0.2) is 0 Å². The van der Waals surface area contributed by atoms with E-state index < -0.39 is 17.9 Å². The monoisotopic (exact) mass is 375 g/mol. The van der Waals surface area contributed by atoms with Crippen molar-refractivity contribution < 1.29 is 9.59 Å². The molecule has 2 amide bonds. The molecule has 25 heavy (non-hydrogen) atoms. The minimum absolute atomic E-state index is 0.141. The van der Waals surface area contributed by atoms with E-state index >= 15 is 0 Å². The zero-order valence-corrected chi connectivity index (χ0v) is 14.6. The van der Waals surface area contributed by atoms with E-state index in [4.69, 9.17) is 28.5 Å². The zero-order chi connectivity index (χ0) is 18.2. The van der Waals surface area contributed by atoms with Gasteiger partial charge in [-0.05, 0) is 35.9 Å². The number of halogens is 2. The van der Waals surface area contributed by atoms with Gasteiger partial charge in [0.25, 0.3) is 5.91 Å². The molecule has 0 aromatic heterocycles. The molecule has 0 radical (unpaired) electrons. The fourth-order valence-electron chi connectivity index (χ4n) is 2.23. The van der Waals surface area contributed by atoms with Crippen LogP contribution in [0.25, 0.3) is 0 Å². The highest BCUT2D eigenvalue weighted by atomic mass is 35.5. The van der Waals surface area contributed by atoms with Crippen LogP contribution in [0.2, 0.25) is 10.0 Å². The lowest BCUT2D eigenvalue weighted by atomic mass is 10.0. The standard InChI is InChI=1S/C18H15Cl2N3O2/c19-14-5-1-3-12(9-14)10-16(18(25)22-8-7-21)23-17(24)13-4-2-6-15(20)11-13/h1-6,9,11,16H,8,10H2,(H,22,25)(H,23,24)/t16-/m0/s1. The Balaban J connectivity index is 2.17. The van der Waals surface area contributed by atoms with Gasteiger partial charge in [-0.3, -0.25) is 9.59 Å². The summed E-state index contributed by atoms with van der Waals surface area (Å²) in [5.74, 6) is -0.876. The third kappa shape index (κ3) is 5.79. The average Bonchev–Trinajstić information content (AvgIpc) is 2.59. The Labute approximate surface area is 155 Å². The molecule has 2 rings (SSSR count). The van der Waals surface area contributed by atoms with Crippen LogP contribution in [0.3, 0.4) is 0 Å². The van der Waals surface area contributed by atoms with E-state index in [-0.39, 0.29) is 13.0 Å². The topological polar surface area (TPSA) is 82.0 Å². The number of nitrogens with one attached hydrogen (secondary N) is 2. The Morgan fingerprint density at radius 1 is 1.08 bits per heavy atom. The van der Waals surface area contributed by atoms with Gasteiger partial charge in [-0.25, -0.2) is 0 Å². The summed E-state index contributed by atoms with van der Waals surface area (Å²) in [6.07, 6.45) is 0.240. The first-order chi connectivity index (χ1) is 12.0. The van der Waals surface area contributed by atoms with Crippen LogP contribution in [0, 0.1) is 11.3 Å². The van der Waals surface area contributed by atoms with E-state index in [0.29, 0.717) is 15.6 Å². The Hall–Kier alpha value is -2.55. The van der Waals surface area contributed by atoms with Crippen molar-refractivity contribution in [2.75, 3.05) is 6.54 Å². The quantitative estimate of drug-likeness (QED) is 0.761. The van der Waals surface area contributed by atoms with E-state index in [2.05, 4.69) is 10.6 Å². The molecule has 0 aliphatic rings. The Kier molecular flexibility index (Phi) is 6.81. The second-order valence-electron chi connectivity index (χ2n) is 5.25. The van der Waals surface area contributed by atoms with Gasteiger partial charge in [0.1, 0.15) is 12.6 Å². The third-order valence-corrected chi connectivity index (χ3v) is 3.85. The Morgan fingerprint density at radius 2 is 1.76 bits per heavy atom. The molecule has 0 saturated carbocycles. The third-order valence-electron chi connectivity index (χ3n) is 3.38. The molecular weight excluding hydrogens is 361 g/mol. The molecular formula is C18H15Cl2N3O2. The van der Waals surface area contributed by atoms with Gasteiger partial charge in [0, 0.05) is 22.0 Å². The predicted molar refractivity (Wildman–Crippen MR) is 96.5 cm³/mol. The van der Waals surface area contributed by atoms with Crippen LogP contribution in [0.1, 0.15) is 15.9 Å². The number of carbonyl (C=O) groups is 2. The molecule has 0 bridgehead atoms. The molecule has 2 N–H and O–H groups in total. The zero-order valence-electron chi connectivity index (χ0n) is 13.1. The van der Waals surface area contributed by atoms with Crippen LogP contribution < -0.4 is 10.6 Å². The molecule has 7 heteroatoms. The molecule has 5 nitrogen and oxygen atoms in total. The maximum atomic E-state index is 12.4. The van der Waals surface area contributed by atoms with Crippen molar-refractivity contribution in [1.29, 1.82) is 5.26 Å². The fraction of sp³-hybridized carbons (Fsp3) is 0.167. The summed E-state index contributed by atoms with van der Waals surface area (Å²) in [7, 11) is 0. The van der Waals surface area contributed by atoms with Crippen molar-refractivity contribution in [3.8, 4) is 6.07 Å². The first-order valence-electron chi connectivity index (χ1n) is 7.45. The number of rotatable bonds is 6. The Bertz CT molecular complexity index is 818. The second-order valence-corrected chi connectivity index (χ2v) is 6.12. The highest BCUT2D eigenvalue weighted by Gasteiger charge is 2.22. The van der Waals surface area contributed by atoms with E-state index in [0.717, 1.165) is 5.56 Å². The smallest absolute Gasteiger partial charge is 0.251 e. The van der Waals surface area contributed by atoms with Crippen LogP contribution in [-0.4, -0.2) is 24.4 Å². The molecule has 128 valence electrons. The summed E-state index contributed by atoms with van der Waals surface area (Å²) < 4.78 is 0. The van der Waals surface area contributed by atoms with Gasteiger partial charge < -0.3 is 10.6 Å². The van der Waals surface area contributed by atoms with Crippen molar-refractivity contribution in [3.05, 3.63) is 69.7 Å². The fourth-order valence-corrected chi connectivity index (χ4v) is 2.63.